The van der Waals surface area contributed by atoms with Crippen molar-refractivity contribution in [3.8, 4) is 17.0 Å². The number of ether oxygens (including phenoxy) is 1. The molecule has 3 nitrogen and oxygen atoms in total. The number of aromatic amines is 1. The van der Waals surface area contributed by atoms with Crippen molar-refractivity contribution in [2.45, 2.75) is 45.1 Å². The van der Waals surface area contributed by atoms with Crippen molar-refractivity contribution in [2.24, 2.45) is 0 Å². The van der Waals surface area contributed by atoms with Gasteiger partial charge in [0.2, 0.25) is 0 Å². The SMILES string of the molecule is CC(C)(C)c1nc(=S)cc(-c2ccc(OC3CC3)cc2)[nH]1. The van der Waals surface area contributed by atoms with E-state index in [4.69, 9.17) is 17.0 Å². The maximum Gasteiger partial charge on any atom is 0.130 e. The lowest BCUT2D eigenvalue weighted by molar-refractivity contribution is 0.303. The molecule has 0 aliphatic heterocycles. The van der Waals surface area contributed by atoms with Crippen LogP contribution < -0.4 is 4.74 Å². The summed E-state index contributed by atoms with van der Waals surface area (Å²) in [6.07, 6.45) is 2.78. The fourth-order valence-electron chi connectivity index (χ4n) is 2.06. The summed E-state index contributed by atoms with van der Waals surface area (Å²) in [4.78, 5) is 7.83. The Hall–Kier alpha value is -1.68. The van der Waals surface area contributed by atoms with Gasteiger partial charge in [-0.15, -0.1) is 0 Å². The molecular formula is C17H20N2OS. The molecule has 21 heavy (non-hydrogen) atoms. The smallest absolute Gasteiger partial charge is 0.130 e. The van der Waals surface area contributed by atoms with Crippen LogP contribution in [0.5, 0.6) is 5.75 Å². The Balaban J connectivity index is 1.92. The van der Waals surface area contributed by atoms with E-state index in [0.717, 1.165) is 22.8 Å². The van der Waals surface area contributed by atoms with Gasteiger partial charge in [-0.2, -0.15) is 0 Å². The third-order valence-electron chi connectivity index (χ3n) is 3.45. The zero-order valence-corrected chi connectivity index (χ0v) is 13.5. The van der Waals surface area contributed by atoms with Crippen LogP contribution in [-0.4, -0.2) is 16.1 Å². The maximum atomic E-state index is 5.77. The lowest BCUT2D eigenvalue weighted by atomic mass is 9.95. The molecule has 1 heterocycles. The number of hydrogen-bond acceptors (Lipinski definition) is 3. The average molecular weight is 300 g/mol. The Morgan fingerprint density at radius 2 is 1.86 bits per heavy atom. The first kappa shape index (κ1) is 14.3. The molecule has 0 radical (unpaired) electrons. The van der Waals surface area contributed by atoms with E-state index in [0.29, 0.717) is 10.7 Å². The summed E-state index contributed by atoms with van der Waals surface area (Å²) in [5, 5.41) is 0. The molecule has 1 aromatic heterocycles. The summed E-state index contributed by atoms with van der Waals surface area (Å²) >= 11 is 5.29. The minimum absolute atomic E-state index is 0.0569. The Bertz CT molecular complexity index is 694. The van der Waals surface area contributed by atoms with Gasteiger partial charge in [0.1, 0.15) is 16.2 Å². The van der Waals surface area contributed by atoms with Gasteiger partial charge in [0.05, 0.1) is 6.10 Å². The van der Waals surface area contributed by atoms with Gasteiger partial charge < -0.3 is 9.72 Å². The van der Waals surface area contributed by atoms with Crippen LogP contribution in [-0.2, 0) is 5.41 Å². The fourth-order valence-corrected chi connectivity index (χ4v) is 2.27. The minimum atomic E-state index is -0.0569. The second-order valence-corrected chi connectivity index (χ2v) is 6.99. The molecule has 1 saturated carbocycles. The maximum absolute atomic E-state index is 5.77. The van der Waals surface area contributed by atoms with Crippen molar-refractivity contribution in [1.82, 2.24) is 9.97 Å². The molecule has 4 heteroatoms. The van der Waals surface area contributed by atoms with E-state index >= 15 is 0 Å². The zero-order valence-electron chi connectivity index (χ0n) is 12.6. The van der Waals surface area contributed by atoms with Crippen molar-refractivity contribution in [1.29, 1.82) is 0 Å². The largest absolute Gasteiger partial charge is 0.490 e. The molecule has 2 aromatic rings. The van der Waals surface area contributed by atoms with Crippen molar-refractivity contribution >= 4 is 12.2 Å². The number of H-pyrrole nitrogens is 1. The van der Waals surface area contributed by atoms with E-state index in [1.807, 2.05) is 18.2 Å². The highest BCUT2D eigenvalue weighted by Gasteiger charge is 2.23. The Labute approximate surface area is 130 Å². The number of benzene rings is 1. The average Bonchev–Trinajstić information content (AvgIpc) is 3.22. The van der Waals surface area contributed by atoms with Crippen molar-refractivity contribution in [2.75, 3.05) is 0 Å². The van der Waals surface area contributed by atoms with Crippen LogP contribution in [0.4, 0.5) is 0 Å². The predicted molar refractivity (Wildman–Crippen MR) is 87.2 cm³/mol. The van der Waals surface area contributed by atoms with Gasteiger partial charge >= 0.3 is 0 Å². The molecule has 0 amide bonds. The van der Waals surface area contributed by atoms with Gasteiger partial charge in [0.15, 0.2) is 0 Å². The number of hydrogen-bond donors (Lipinski definition) is 1. The predicted octanol–water partition coefficient (Wildman–Crippen LogP) is 4.64. The van der Waals surface area contributed by atoms with Crippen LogP contribution in [0.25, 0.3) is 11.3 Å². The van der Waals surface area contributed by atoms with Gasteiger partial charge in [-0.05, 0) is 48.7 Å². The first-order valence-electron chi connectivity index (χ1n) is 7.31. The van der Waals surface area contributed by atoms with E-state index in [1.54, 1.807) is 0 Å². The van der Waals surface area contributed by atoms with Gasteiger partial charge in [0.25, 0.3) is 0 Å². The zero-order chi connectivity index (χ0) is 15.0. The highest BCUT2D eigenvalue weighted by Crippen LogP contribution is 2.29. The summed E-state index contributed by atoms with van der Waals surface area (Å²) in [5.41, 5.74) is 2.04. The van der Waals surface area contributed by atoms with Crippen LogP contribution >= 0.6 is 12.2 Å². The third kappa shape index (κ3) is 3.50. The number of nitrogens with one attached hydrogen (secondary N) is 1. The quantitative estimate of drug-likeness (QED) is 0.839. The van der Waals surface area contributed by atoms with E-state index < -0.39 is 0 Å². The minimum Gasteiger partial charge on any atom is -0.490 e. The van der Waals surface area contributed by atoms with Crippen LogP contribution in [0.1, 0.15) is 39.4 Å². The van der Waals surface area contributed by atoms with Gasteiger partial charge in [-0.25, -0.2) is 4.98 Å². The molecule has 1 fully saturated rings. The molecule has 0 unspecified atom stereocenters. The highest BCUT2D eigenvalue weighted by molar-refractivity contribution is 7.71. The lowest BCUT2D eigenvalue weighted by Crippen LogP contribution is -2.16. The Morgan fingerprint density at radius 1 is 1.19 bits per heavy atom. The third-order valence-corrected chi connectivity index (χ3v) is 3.65. The molecule has 0 saturated heterocycles. The van der Waals surface area contributed by atoms with Crippen molar-refractivity contribution < 1.29 is 4.74 Å². The number of nitrogens with zero attached hydrogens (tertiary/aromatic N) is 1. The first-order valence-corrected chi connectivity index (χ1v) is 7.71. The summed E-state index contributed by atoms with van der Waals surface area (Å²) < 4.78 is 6.39. The number of rotatable bonds is 3. The van der Waals surface area contributed by atoms with E-state index in [9.17, 15) is 0 Å². The fraction of sp³-hybridized carbons (Fsp3) is 0.412. The molecule has 0 spiro atoms. The van der Waals surface area contributed by atoms with Crippen molar-refractivity contribution in [3.63, 3.8) is 0 Å². The van der Waals surface area contributed by atoms with Gasteiger partial charge in [-0.1, -0.05) is 33.0 Å². The topological polar surface area (TPSA) is 37.9 Å². The molecule has 3 rings (SSSR count). The summed E-state index contributed by atoms with van der Waals surface area (Å²) in [5.74, 6) is 1.84. The van der Waals surface area contributed by atoms with E-state index in [-0.39, 0.29) is 5.41 Å². The molecule has 1 aliphatic carbocycles. The first-order chi connectivity index (χ1) is 9.91. The normalized spacial score (nSPS) is 15.0. The van der Waals surface area contributed by atoms with Crippen LogP contribution in [0.3, 0.4) is 0 Å². The summed E-state index contributed by atoms with van der Waals surface area (Å²) in [7, 11) is 0. The van der Waals surface area contributed by atoms with Crippen LogP contribution in [0.15, 0.2) is 30.3 Å². The van der Waals surface area contributed by atoms with Crippen LogP contribution in [0, 0.1) is 4.64 Å². The van der Waals surface area contributed by atoms with Crippen LogP contribution in [0.2, 0.25) is 0 Å². The van der Waals surface area contributed by atoms with Crippen molar-refractivity contribution in [3.05, 3.63) is 40.8 Å². The summed E-state index contributed by atoms with van der Waals surface area (Å²) in [6, 6.07) is 10.1. The van der Waals surface area contributed by atoms with E-state index in [2.05, 4.69) is 42.9 Å². The lowest BCUT2D eigenvalue weighted by Gasteiger charge is -2.18. The summed E-state index contributed by atoms with van der Waals surface area (Å²) in [6.45, 7) is 6.37. The Morgan fingerprint density at radius 3 is 2.43 bits per heavy atom. The molecule has 110 valence electrons. The second kappa shape index (κ2) is 5.26. The molecule has 1 aromatic carbocycles. The molecule has 0 bridgehead atoms. The van der Waals surface area contributed by atoms with Gasteiger partial charge in [-0.3, -0.25) is 0 Å². The van der Waals surface area contributed by atoms with E-state index in [1.165, 1.54) is 12.8 Å². The van der Waals surface area contributed by atoms with Gasteiger partial charge in [0, 0.05) is 11.1 Å². The Kier molecular flexibility index (Phi) is 3.57. The highest BCUT2D eigenvalue weighted by atomic mass is 32.1. The number of aromatic nitrogens is 2. The monoisotopic (exact) mass is 300 g/mol. The molecule has 1 aliphatic rings. The standard InChI is InChI=1S/C17H20N2OS/c1-17(2,3)16-18-14(10-15(21)19-16)11-4-6-12(7-5-11)20-13-8-9-13/h4-7,10,13H,8-9H2,1-3H3,(H,18,19,21). The molecular weight excluding hydrogens is 280 g/mol. The molecule has 1 N–H and O–H groups in total. The molecule has 0 atom stereocenters. The second-order valence-electron chi connectivity index (χ2n) is 6.57.